The van der Waals surface area contributed by atoms with Gasteiger partial charge in [-0.15, -0.1) is 10.2 Å². The summed E-state index contributed by atoms with van der Waals surface area (Å²) in [5.74, 6) is 0. The van der Waals surface area contributed by atoms with Gasteiger partial charge in [-0.1, -0.05) is 70.8 Å². The van der Waals surface area contributed by atoms with Gasteiger partial charge < -0.3 is 4.90 Å². The number of quaternary nitrogens is 1. The summed E-state index contributed by atoms with van der Waals surface area (Å²) in [7, 11) is -4.94. The number of benzene rings is 5. The molecule has 0 unspecified atom stereocenters. The van der Waals surface area contributed by atoms with Crippen molar-refractivity contribution in [3.05, 3.63) is 144 Å². The zero-order valence-electron chi connectivity index (χ0n) is 23.5. The Bertz CT molecular complexity index is 1320. The van der Waals surface area contributed by atoms with Gasteiger partial charge in [-0.2, -0.15) is 0 Å². The fourth-order valence-electron chi connectivity index (χ4n) is 4.55. The number of rotatable bonds is 6. The maximum absolute atomic E-state index is 8.49. The van der Waals surface area contributed by atoms with Crippen molar-refractivity contribution < 1.29 is 33.8 Å². The highest BCUT2D eigenvalue weighted by atomic mass is 35.7. The van der Waals surface area contributed by atoms with Crippen LogP contribution in [0.3, 0.4) is 0 Å². The van der Waals surface area contributed by atoms with Crippen LogP contribution >= 0.6 is 0 Å². The van der Waals surface area contributed by atoms with Gasteiger partial charge in [-0.3, -0.25) is 0 Å². The van der Waals surface area contributed by atoms with Crippen LogP contribution in [0.2, 0.25) is 0 Å². The van der Waals surface area contributed by atoms with E-state index in [9.17, 15) is 0 Å². The van der Waals surface area contributed by atoms with E-state index in [1.165, 1.54) is 44.2 Å². The lowest BCUT2D eigenvalue weighted by atomic mass is 10.1. The summed E-state index contributed by atoms with van der Waals surface area (Å²) in [6, 6.07) is 44.1. The van der Waals surface area contributed by atoms with Crippen LogP contribution in [-0.2, 0) is 0 Å². The smallest absolute Gasteiger partial charge is 0.141 e. The van der Waals surface area contributed by atoms with Crippen LogP contribution in [0.4, 0.5) is 34.1 Å². The molecule has 0 saturated carbocycles. The number of nitrogens with zero attached hydrogens (tertiary/aromatic N) is 1. The number of hydrogen-bond acceptors (Lipinski definition) is 5. The average Bonchev–Trinajstić information content (AvgIpc) is 2.93. The maximum atomic E-state index is 8.49. The minimum absolute atomic E-state index is 1.14. The van der Waals surface area contributed by atoms with E-state index in [4.69, 9.17) is 18.6 Å². The second-order valence-corrected chi connectivity index (χ2v) is 10.8. The standard InChI is InChI=1S/C34H32N2.ClHO4/c1-25-5-13-29(14-6-25)35(30-15-7-26(2)8-16-30)33-21-23-34(24-22-33)36(31-17-9-27(3)10-18-31)32-19-11-28(4)12-20-32;2-1(3,4)5/h5-24H,1-4H3;(H,2,3,4,5). The number of anilines is 3. The Morgan fingerprint density at radius 2 is 0.585 bits per heavy atom. The number of nitrogens with one attached hydrogen (secondary N) is 1. The minimum atomic E-state index is -4.94. The molecule has 0 spiro atoms. The molecule has 5 aromatic carbocycles. The van der Waals surface area contributed by atoms with Gasteiger partial charge in [0, 0.05) is 53.5 Å². The van der Waals surface area contributed by atoms with Crippen molar-refractivity contribution in [2.24, 2.45) is 0 Å². The second-order valence-electron chi connectivity index (χ2n) is 10.0. The molecule has 7 heteroatoms. The van der Waals surface area contributed by atoms with Crippen molar-refractivity contribution in [1.82, 2.24) is 0 Å². The summed E-state index contributed by atoms with van der Waals surface area (Å²) < 4.78 is 34.0. The van der Waals surface area contributed by atoms with E-state index in [-0.39, 0.29) is 0 Å². The van der Waals surface area contributed by atoms with E-state index in [1.54, 1.807) is 0 Å². The predicted molar refractivity (Wildman–Crippen MR) is 153 cm³/mol. The number of hydrogen-bond donors (Lipinski definition) is 1. The van der Waals surface area contributed by atoms with Crippen LogP contribution in [0.5, 0.6) is 0 Å². The first kappa shape index (κ1) is 30.0. The topological polar surface area (TPSA) is 99.9 Å². The van der Waals surface area contributed by atoms with E-state index in [0.717, 1.165) is 17.1 Å². The van der Waals surface area contributed by atoms with Crippen molar-refractivity contribution in [3.63, 3.8) is 0 Å². The van der Waals surface area contributed by atoms with E-state index >= 15 is 0 Å². The Balaban J connectivity index is 0.000000714. The third-order valence-corrected chi connectivity index (χ3v) is 6.68. The summed E-state index contributed by atoms with van der Waals surface area (Å²) in [5.41, 5.74) is 12.2. The quantitative estimate of drug-likeness (QED) is 0.336. The highest BCUT2D eigenvalue weighted by Crippen LogP contribution is 2.35. The van der Waals surface area contributed by atoms with Crippen LogP contribution in [0.1, 0.15) is 22.3 Å². The Labute approximate surface area is 243 Å². The molecule has 0 aliphatic heterocycles. The van der Waals surface area contributed by atoms with Gasteiger partial charge in [0.15, 0.2) is 0 Å². The molecule has 0 heterocycles. The molecule has 210 valence electrons. The van der Waals surface area contributed by atoms with Gasteiger partial charge in [0.2, 0.25) is 0 Å². The summed E-state index contributed by atoms with van der Waals surface area (Å²) in [6.07, 6.45) is 0. The first-order valence-corrected chi connectivity index (χ1v) is 14.4. The van der Waals surface area contributed by atoms with Gasteiger partial charge in [0.05, 0.1) is 0 Å². The second kappa shape index (κ2) is 13.1. The van der Waals surface area contributed by atoms with Crippen molar-refractivity contribution in [2.75, 3.05) is 4.90 Å². The highest BCUT2D eigenvalue weighted by Gasteiger charge is 2.20. The van der Waals surface area contributed by atoms with Gasteiger partial charge in [0.25, 0.3) is 0 Å². The molecule has 0 aliphatic carbocycles. The molecule has 41 heavy (non-hydrogen) atoms. The fraction of sp³-hybridized carbons (Fsp3) is 0.118. The summed E-state index contributed by atoms with van der Waals surface area (Å²) in [6.45, 7) is 8.52. The molecule has 0 saturated heterocycles. The molecular weight excluding hydrogens is 536 g/mol. The van der Waals surface area contributed by atoms with Crippen LogP contribution in [0.25, 0.3) is 0 Å². The first-order valence-electron chi connectivity index (χ1n) is 13.1. The lowest BCUT2D eigenvalue weighted by molar-refractivity contribution is -2.00. The molecule has 0 radical (unpaired) electrons. The molecule has 5 rings (SSSR count). The summed E-state index contributed by atoms with van der Waals surface area (Å²) in [4.78, 5) is 3.57. The summed E-state index contributed by atoms with van der Waals surface area (Å²) >= 11 is 0. The Morgan fingerprint density at radius 3 is 0.854 bits per heavy atom. The minimum Gasteiger partial charge on any atom is -0.310 e. The van der Waals surface area contributed by atoms with Gasteiger partial charge in [-0.05, 0) is 64.1 Å². The van der Waals surface area contributed by atoms with Crippen molar-refractivity contribution in [1.29, 1.82) is 0 Å². The van der Waals surface area contributed by atoms with E-state index in [2.05, 4.69) is 154 Å². The number of aryl methyl sites for hydroxylation is 4. The van der Waals surface area contributed by atoms with E-state index < -0.39 is 10.2 Å². The molecule has 6 nitrogen and oxygen atoms in total. The zero-order chi connectivity index (χ0) is 29.6. The maximum Gasteiger partial charge on any atom is 0.141 e. The normalized spacial score (nSPS) is 11.1. The largest absolute Gasteiger partial charge is 0.310 e. The van der Waals surface area contributed by atoms with Crippen LogP contribution in [0.15, 0.2) is 121 Å². The Kier molecular flexibility index (Phi) is 9.57. The third-order valence-electron chi connectivity index (χ3n) is 6.68. The monoisotopic (exact) mass is 568 g/mol. The molecule has 0 aromatic heterocycles. The molecule has 0 fully saturated rings. The first-order chi connectivity index (χ1) is 19.5. The Hall–Kier alpha value is -4.01. The zero-order valence-corrected chi connectivity index (χ0v) is 24.3. The molecule has 0 amide bonds. The van der Waals surface area contributed by atoms with E-state index in [0.29, 0.717) is 0 Å². The third kappa shape index (κ3) is 8.49. The average molecular weight is 569 g/mol. The lowest BCUT2D eigenvalue weighted by Crippen LogP contribution is -2.96. The van der Waals surface area contributed by atoms with Crippen LogP contribution in [0, 0.1) is 37.9 Å². The lowest BCUT2D eigenvalue weighted by Gasteiger charge is -2.26. The fourth-order valence-corrected chi connectivity index (χ4v) is 4.55. The van der Waals surface area contributed by atoms with Crippen molar-refractivity contribution >= 4 is 34.1 Å². The Morgan fingerprint density at radius 1 is 0.390 bits per heavy atom. The van der Waals surface area contributed by atoms with Crippen molar-refractivity contribution in [2.45, 2.75) is 27.7 Å². The van der Waals surface area contributed by atoms with Crippen LogP contribution < -0.4 is 28.4 Å². The molecule has 0 aliphatic rings. The van der Waals surface area contributed by atoms with Crippen LogP contribution in [-0.4, -0.2) is 0 Å². The molecular formula is C34H33ClN2O4. The predicted octanol–water partition coefficient (Wildman–Crippen LogP) is 3.81. The molecule has 1 N–H and O–H groups in total. The number of halogens is 1. The summed E-state index contributed by atoms with van der Waals surface area (Å²) in [5, 5.41) is 0. The molecule has 0 bridgehead atoms. The van der Waals surface area contributed by atoms with Crippen molar-refractivity contribution in [3.8, 4) is 0 Å². The SMILES string of the molecule is Cc1ccc(N(c2ccc(C)cc2)c2ccc([NH+](c3ccc(C)cc3)c3ccc(C)cc3)cc2)cc1.[O-][Cl+3]([O-])([O-])[O-]. The highest BCUT2D eigenvalue weighted by molar-refractivity contribution is 5.77. The van der Waals surface area contributed by atoms with Gasteiger partial charge in [-0.25, -0.2) is 23.5 Å². The molecule has 5 aromatic rings. The van der Waals surface area contributed by atoms with Gasteiger partial charge >= 0.3 is 0 Å². The van der Waals surface area contributed by atoms with Gasteiger partial charge in [0.1, 0.15) is 17.1 Å². The van der Waals surface area contributed by atoms with E-state index in [1.807, 2.05) is 0 Å². The molecule has 0 atom stereocenters.